The monoisotopic (exact) mass is 387 g/mol. The van der Waals surface area contributed by atoms with Gasteiger partial charge < -0.3 is 10.1 Å². The number of carbonyl (C=O) groups excluding carboxylic acids is 3. The number of thioether (sulfide) groups is 1. The van der Waals surface area contributed by atoms with Crippen molar-refractivity contribution in [1.82, 2.24) is 5.32 Å². The van der Waals surface area contributed by atoms with Crippen molar-refractivity contribution in [2.45, 2.75) is 96.4 Å². The van der Waals surface area contributed by atoms with E-state index >= 15 is 0 Å². The predicted octanol–water partition coefficient (Wildman–Crippen LogP) is 3.93. The summed E-state index contributed by atoms with van der Waals surface area (Å²) in [6.07, 6.45) is 6.05. The Kier molecular flexibility index (Phi) is 14.7. The summed E-state index contributed by atoms with van der Waals surface area (Å²) in [6.45, 7) is 8.07. The van der Waals surface area contributed by atoms with Crippen LogP contribution < -0.4 is 5.32 Å². The molecule has 0 saturated heterocycles. The summed E-state index contributed by atoms with van der Waals surface area (Å²) in [7, 11) is 1.37. The summed E-state index contributed by atoms with van der Waals surface area (Å²) in [6, 6.07) is -0.544. The minimum atomic E-state index is -0.466. The van der Waals surface area contributed by atoms with E-state index in [9.17, 15) is 14.4 Å². The molecular weight excluding hydrogens is 350 g/mol. The van der Waals surface area contributed by atoms with Gasteiger partial charge in [-0.1, -0.05) is 33.6 Å². The quantitative estimate of drug-likeness (QED) is 0.405. The SMILES string of the molecule is CCCCC(=O)CC(C)N[C@@H](CSC(C)CC(=O)CCCC)C(=O)OC. The average Bonchev–Trinajstić information content (AvgIpc) is 2.60. The Bertz CT molecular complexity index is 428. The molecule has 2 unspecified atom stereocenters. The first-order valence-electron chi connectivity index (χ1n) is 9.82. The lowest BCUT2D eigenvalue weighted by atomic mass is 10.1. The van der Waals surface area contributed by atoms with E-state index in [2.05, 4.69) is 19.2 Å². The number of rotatable bonds is 16. The van der Waals surface area contributed by atoms with Crippen LogP contribution in [0.4, 0.5) is 0 Å². The number of Topliss-reactive ketones (excluding diaryl/α,β-unsaturated/α-hetero) is 2. The molecular formula is C20H37NO4S. The van der Waals surface area contributed by atoms with Gasteiger partial charge in [-0.2, -0.15) is 11.8 Å². The molecule has 0 aromatic heterocycles. The van der Waals surface area contributed by atoms with Gasteiger partial charge >= 0.3 is 5.97 Å². The molecule has 0 fully saturated rings. The summed E-state index contributed by atoms with van der Waals surface area (Å²) in [5, 5.41) is 3.38. The Morgan fingerprint density at radius 1 is 0.962 bits per heavy atom. The van der Waals surface area contributed by atoms with E-state index in [1.54, 1.807) is 11.8 Å². The normalized spacial score (nSPS) is 14.5. The van der Waals surface area contributed by atoms with Crippen LogP contribution in [0.5, 0.6) is 0 Å². The minimum Gasteiger partial charge on any atom is -0.468 e. The molecule has 0 saturated carbocycles. The first kappa shape index (κ1) is 25.1. The molecule has 0 aliphatic carbocycles. The summed E-state index contributed by atoms with van der Waals surface area (Å²) >= 11 is 1.60. The number of hydrogen-bond acceptors (Lipinski definition) is 6. The maximum absolute atomic E-state index is 12.0. The van der Waals surface area contributed by atoms with Crippen LogP contribution in [-0.2, 0) is 19.1 Å². The maximum Gasteiger partial charge on any atom is 0.323 e. The Labute approximate surface area is 163 Å². The van der Waals surface area contributed by atoms with Crippen molar-refractivity contribution in [1.29, 1.82) is 0 Å². The van der Waals surface area contributed by atoms with Crippen LogP contribution in [0.2, 0.25) is 0 Å². The van der Waals surface area contributed by atoms with E-state index in [4.69, 9.17) is 4.74 Å². The Morgan fingerprint density at radius 3 is 2.00 bits per heavy atom. The molecule has 6 heteroatoms. The second-order valence-corrected chi connectivity index (χ2v) is 8.45. The fraction of sp³-hybridized carbons (Fsp3) is 0.850. The topological polar surface area (TPSA) is 72.5 Å². The third kappa shape index (κ3) is 12.5. The Balaban J connectivity index is 4.41. The molecule has 0 aliphatic rings. The fourth-order valence-electron chi connectivity index (χ4n) is 2.66. The van der Waals surface area contributed by atoms with E-state index in [1.807, 2.05) is 13.8 Å². The molecule has 0 bridgehead atoms. The highest BCUT2D eigenvalue weighted by Crippen LogP contribution is 2.18. The van der Waals surface area contributed by atoms with Gasteiger partial charge in [0.1, 0.15) is 17.6 Å². The van der Waals surface area contributed by atoms with Crippen molar-refractivity contribution >= 4 is 29.3 Å². The van der Waals surface area contributed by atoms with Crippen LogP contribution in [0.3, 0.4) is 0 Å². The van der Waals surface area contributed by atoms with Crippen LogP contribution in [-0.4, -0.2) is 47.7 Å². The number of nitrogens with one attached hydrogen (secondary N) is 1. The summed E-state index contributed by atoms with van der Waals surface area (Å²) < 4.78 is 4.88. The van der Waals surface area contributed by atoms with Crippen LogP contribution in [0.15, 0.2) is 0 Å². The number of carbonyl (C=O) groups is 3. The van der Waals surface area contributed by atoms with Gasteiger partial charge in [0.15, 0.2) is 0 Å². The van der Waals surface area contributed by atoms with Gasteiger partial charge in [0.05, 0.1) is 7.11 Å². The highest BCUT2D eigenvalue weighted by Gasteiger charge is 2.23. The first-order valence-corrected chi connectivity index (χ1v) is 10.9. The summed E-state index contributed by atoms with van der Waals surface area (Å²) in [5.74, 6) is 0.708. The maximum atomic E-state index is 12.0. The molecule has 0 heterocycles. The summed E-state index contributed by atoms with van der Waals surface area (Å²) in [4.78, 5) is 35.8. The van der Waals surface area contributed by atoms with Crippen LogP contribution in [0.1, 0.15) is 79.1 Å². The lowest BCUT2D eigenvalue weighted by Gasteiger charge is -2.22. The van der Waals surface area contributed by atoms with E-state index in [1.165, 1.54) is 7.11 Å². The number of ether oxygens (including phenoxy) is 1. The van der Waals surface area contributed by atoms with Crippen molar-refractivity contribution < 1.29 is 19.1 Å². The van der Waals surface area contributed by atoms with Crippen molar-refractivity contribution in [2.24, 2.45) is 0 Å². The minimum absolute atomic E-state index is 0.0782. The van der Waals surface area contributed by atoms with Gasteiger partial charge in [-0.05, 0) is 19.8 Å². The van der Waals surface area contributed by atoms with Crippen LogP contribution >= 0.6 is 11.8 Å². The zero-order valence-corrected chi connectivity index (χ0v) is 18.0. The molecule has 5 nitrogen and oxygen atoms in total. The van der Waals surface area contributed by atoms with Gasteiger partial charge in [-0.15, -0.1) is 0 Å². The Hall–Kier alpha value is -0.880. The third-order valence-corrected chi connectivity index (χ3v) is 5.45. The number of ketones is 2. The van der Waals surface area contributed by atoms with Gasteiger partial charge in [0.25, 0.3) is 0 Å². The van der Waals surface area contributed by atoms with Crippen LogP contribution in [0.25, 0.3) is 0 Å². The lowest BCUT2D eigenvalue weighted by Crippen LogP contribution is -2.45. The fourth-order valence-corrected chi connectivity index (χ4v) is 3.72. The Morgan fingerprint density at radius 2 is 1.50 bits per heavy atom. The number of esters is 1. The molecule has 0 spiro atoms. The van der Waals surface area contributed by atoms with E-state index in [-0.39, 0.29) is 28.8 Å². The van der Waals surface area contributed by atoms with E-state index in [0.29, 0.717) is 31.4 Å². The van der Waals surface area contributed by atoms with Crippen molar-refractivity contribution in [3.63, 3.8) is 0 Å². The van der Waals surface area contributed by atoms with Gasteiger partial charge in [0.2, 0.25) is 0 Å². The second kappa shape index (κ2) is 15.2. The predicted molar refractivity (Wildman–Crippen MR) is 109 cm³/mol. The van der Waals surface area contributed by atoms with E-state index < -0.39 is 6.04 Å². The van der Waals surface area contributed by atoms with Gasteiger partial charge in [0, 0.05) is 42.7 Å². The highest BCUT2D eigenvalue weighted by molar-refractivity contribution is 7.99. The van der Waals surface area contributed by atoms with Crippen molar-refractivity contribution in [2.75, 3.05) is 12.9 Å². The molecule has 0 aromatic carbocycles. The highest BCUT2D eigenvalue weighted by atomic mass is 32.2. The second-order valence-electron chi connectivity index (χ2n) is 6.98. The van der Waals surface area contributed by atoms with Gasteiger partial charge in [-0.25, -0.2) is 0 Å². The summed E-state index contributed by atoms with van der Waals surface area (Å²) in [5.41, 5.74) is 0. The van der Waals surface area contributed by atoms with Crippen molar-refractivity contribution in [3.8, 4) is 0 Å². The van der Waals surface area contributed by atoms with E-state index in [0.717, 1.165) is 25.7 Å². The number of hydrogen-bond donors (Lipinski definition) is 1. The molecule has 3 atom stereocenters. The molecule has 0 amide bonds. The number of methoxy groups -OCH3 is 1. The zero-order valence-electron chi connectivity index (χ0n) is 17.1. The third-order valence-electron chi connectivity index (χ3n) is 4.19. The lowest BCUT2D eigenvalue weighted by molar-refractivity contribution is -0.142. The molecule has 0 radical (unpaired) electrons. The molecule has 0 rings (SSSR count). The smallest absolute Gasteiger partial charge is 0.323 e. The van der Waals surface area contributed by atoms with Crippen LogP contribution in [0, 0.1) is 0 Å². The average molecular weight is 388 g/mol. The molecule has 26 heavy (non-hydrogen) atoms. The first-order chi connectivity index (χ1) is 12.3. The molecule has 0 aliphatic heterocycles. The standard InChI is InChI=1S/C20H37NO4S/c1-6-8-10-17(22)12-15(3)21-19(20(24)25-5)14-26-16(4)13-18(23)11-9-7-2/h15-16,19,21H,6-14H2,1-5H3/t15?,16?,19-/m0/s1. The molecule has 0 aromatic rings. The van der Waals surface area contributed by atoms with Crippen molar-refractivity contribution in [3.05, 3.63) is 0 Å². The molecule has 152 valence electrons. The zero-order chi connectivity index (χ0) is 19.9. The number of unbranched alkanes of at least 4 members (excludes halogenated alkanes) is 2. The van der Waals surface area contributed by atoms with Gasteiger partial charge in [-0.3, -0.25) is 14.4 Å². The molecule has 1 N–H and O–H groups in total. The largest absolute Gasteiger partial charge is 0.468 e.